The van der Waals surface area contributed by atoms with Crippen LogP contribution in [-0.4, -0.2) is 22.0 Å². The fraction of sp³-hybridized carbons (Fsp3) is 0.417. The van der Waals surface area contributed by atoms with Gasteiger partial charge in [0.15, 0.2) is 0 Å². The zero-order chi connectivity index (χ0) is 13.0. The molecule has 0 aliphatic heterocycles. The van der Waals surface area contributed by atoms with Gasteiger partial charge in [-0.15, -0.1) is 11.3 Å². The molecule has 0 radical (unpaired) electrons. The van der Waals surface area contributed by atoms with Crippen LogP contribution in [0.25, 0.3) is 0 Å². The summed E-state index contributed by atoms with van der Waals surface area (Å²) < 4.78 is 0. The Bertz CT molecular complexity index is 497. The van der Waals surface area contributed by atoms with Gasteiger partial charge in [0.05, 0.1) is 6.04 Å². The van der Waals surface area contributed by atoms with Crippen LogP contribution in [0, 0.1) is 6.92 Å². The van der Waals surface area contributed by atoms with Crippen LogP contribution < -0.4 is 10.6 Å². The van der Waals surface area contributed by atoms with Gasteiger partial charge in [0.2, 0.25) is 5.95 Å². The first kappa shape index (κ1) is 12.8. The average Bonchev–Trinajstić information content (AvgIpc) is 2.91. The second kappa shape index (κ2) is 5.77. The summed E-state index contributed by atoms with van der Waals surface area (Å²) in [5.41, 5.74) is 1.03. The van der Waals surface area contributed by atoms with Gasteiger partial charge in [0, 0.05) is 30.4 Å². The van der Waals surface area contributed by atoms with Crippen LogP contribution in [0.5, 0.6) is 0 Å². The zero-order valence-corrected chi connectivity index (χ0v) is 11.6. The minimum atomic E-state index is 0.198. The normalized spacial score (nSPS) is 12.2. The quantitative estimate of drug-likeness (QED) is 0.868. The van der Waals surface area contributed by atoms with Crippen LogP contribution in [0.15, 0.2) is 17.8 Å². The van der Waals surface area contributed by atoms with E-state index in [1.165, 1.54) is 0 Å². The minimum Gasteiger partial charge on any atom is -0.360 e. The number of nitrogens with one attached hydrogen (secondary N) is 2. The summed E-state index contributed by atoms with van der Waals surface area (Å²) in [6.45, 7) is 4.13. The van der Waals surface area contributed by atoms with E-state index in [2.05, 4.69) is 32.5 Å². The van der Waals surface area contributed by atoms with Gasteiger partial charge >= 0.3 is 0 Å². The molecule has 0 aromatic carbocycles. The van der Waals surface area contributed by atoms with Crippen molar-refractivity contribution < 1.29 is 0 Å². The lowest BCUT2D eigenvalue weighted by Crippen LogP contribution is -2.12. The standard InChI is InChI=1S/C12H17N5S/c1-4-9(11-14-5-6-18-11)16-10-8(2)7-15-12(13-3)17-10/h5-7,9H,4H2,1-3H3,(H2,13,15,16,17). The van der Waals surface area contributed by atoms with Crippen molar-refractivity contribution in [3.05, 3.63) is 28.3 Å². The second-order valence-electron chi connectivity index (χ2n) is 3.95. The number of aryl methyl sites for hydroxylation is 1. The maximum absolute atomic E-state index is 4.43. The molecule has 0 saturated heterocycles. The van der Waals surface area contributed by atoms with Gasteiger partial charge in [0.25, 0.3) is 0 Å². The van der Waals surface area contributed by atoms with Gasteiger partial charge in [-0.2, -0.15) is 4.98 Å². The first-order valence-corrected chi connectivity index (χ1v) is 6.80. The van der Waals surface area contributed by atoms with Crippen molar-refractivity contribution in [2.24, 2.45) is 0 Å². The Morgan fingerprint density at radius 2 is 2.22 bits per heavy atom. The number of anilines is 2. The molecule has 2 rings (SSSR count). The molecule has 0 aliphatic rings. The SMILES string of the molecule is CCC(Nc1nc(NC)ncc1C)c1nccs1. The summed E-state index contributed by atoms with van der Waals surface area (Å²) in [5, 5.41) is 9.45. The number of nitrogens with zero attached hydrogens (tertiary/aromatic N) is 3. The lowest BCUT2D eigenvalue weighted by atomic mass is 10.2. The van der Waals surface area contributed by atoms with E-state index in [0.717, 1.165) is 22.8 Å². The Balaban J connectivity index is 2.21. The molecule has 2 N–H and O–H groups in total. The summed E-state index contributed by atoms with van der Waals surface area (Å²) in [4.78, 5) is 13.0. The first-order chi connectivity index (χ1) is 8.74. The maximum atomic E-state index is 4.43. The van der Waals surface area contributed by atoms with E-state index in [-0.39, 0.29) is 6.04 Å². The van der Waals surface area contributed by atoms with Crippen molar-refractivity contribution in [2.45, 2.75) is 26.3 Å². The zero-order valence-electron chi connectivity index (χ0n) is 10.8. The molecule has 2 aromatic rings. The Kier molecular flexibility index (Phi) is 4.09. The molecule has 1 unspecified atom stereocenters. The molecule has 96 valence electrons. The molecule has 18 heavy (non-hydrogen) atoms. The third kappa shape index (κ3) is 2.76. The van der Waals surface area contributed by atoms with Gasteiger partial charge in [-0.05, 0) is 13.3 Å². The van der Waals surface area contributed by atoms with E-state index in [9.17, 15) is 0 Å². The largest absolute Gasteiger partial charge is 0.360 e. The number of aromatic nitrogens is 3. The molecule has 0 saturated carbocycles. The highest BCUT2D eigenvalue weighted by Crippen LogP contribution is 2.24. The molecule has 0 amide bonds. The third-order valence-corrected chi connectivity index (χ3v) is 3.55. The van der Waals surface area contributed by atoms with Crippen molar-refractivity contribution in [2.75, 3.05) is 17.7 Å². The molecule has 1 atom stereocenters. The maximum Gasteiger partial charge on any atom is 0.224 e. The number of rotatable bonds is 5. The van der Waals surface area contributed by atoms with E-state index >= 15 is 0 Å². The van der Waals surface area contributed by atoms with Crippen molar-refractivity contribution in [1.29, 1.82) is 0 Å². The fourth-order valence-electron chi connectivity index (χ4n) is 1.62. The molecule has 2 aromatic heterocycles. The van der Waals surface area contributed by atoms with Crippen LogP contribution in [0.4, 0.5) is 11.8 Å². The first-order valence-electron chi connectivity index (χ1n) is 5.92. The predicted molar refractivity (Wildman–Crippen MR) is 75.1 cm³/mol. The van der Waals surface area contributed by atoms with E-state index in [1.54, 1.807) is 11.3 Å². The van der Waals surface area contributed by atoms with Crippen LogP contribution in [0.1, 0.15) is 30.0 Å². The Hall–Kier alpha value is -1.69. The van der Waals surface area contributed by atoms with E-state index in [1.807, 2.05) is 31.7 Å². The van der Waals surface area contributed by atoms with Gasteiger partial charge in [-0.3, -0.25) is 0 Å². The van der Waals surface area contributed by atoms with E-state index < -0.39 is 0 Å². The predicted octanol–water partition coefficient (Wildman–Crippen LogP) is 2.85. The molecule has 6 heteroatoms. The van der Waals surface area contributed by atoms with Crippen LogP contribution >= 0.6 is 11.3 Å². The number of hydrogen-bond donors (Lipinski definition) is 2. The summed E-state index contributed by atoms with van der Waals surface area (Å²) >= 11 is 1.66. The number of hydrogen-bond acceptors (Lipinski definition) is 6. The topological polar surface area (TPSA) is 62.7 Å². The van der Waals surface area contributed by atoms with Gasteiger partial charge < -0.3 is 10.6 Å². The van der Waals surface area contributed by atoms with Crippen LogP contribution in [0.2, 0.25) is 0 Å². The van der Waals surface area contributed by atoms with Crippen molar-refractivity contribution in [1.82, 2.24) is 15.0 Å². The Morgan fingerprint density at radius 3 is 2.83 bits per heavy atom. The summed E-state index contributed by atoms with van der Waals surface area (Å²) in [6.07, 6.45) is 4.61. The molecule has 0 fully saturated rings. The van der Waals surface area contributed by atoms with E-state index in [4.69, 9.17) is 0 Å². The monoisotopic (exact) mass is 263 g/mol. The molecule has 0 aliphatic carbocycles. The Labute approximate surface area is 111 Å². The molecule has 5 nitrogen and oxygen atoms in total. The molecule has 0 bridgehead atoms. The highest BCUT2D eigenvalue weighted by atomic mass is 32.1. The van der Waals surface area contributed by atoms with Crippen molar-refractivity contribution >= 4 is 23.1 Å². The summed E-state index contributed by atoms with van der Waals surface area (Å²) in [7, 11) is 1.81. The van der Waals surface area contributed by atoms with Gasteiger partial charge in [-0.25, -0.2) is 9.97 Å². The van der Waals surface area contributed by atoms with Gasteiger partial charge in [-0.1, -0.05) is 6.92 Å². The highest BCUT2D eigenvalue weighted by molar-refractivity contribution is 7.09. The number of thiazole rings is 1. The summed E-state index contributed by atoms with van der Waals surface area (Å²) in [6, 6.07) is 0.198. The average molecular weight is 263 g/mol. The smallest absolute Gasteiger partial charge is 0.224 e. The lowest BCUT2D eigenvalue weighted by Gasteiger charge is -2.17. The highest BCUT2D eigenvalue weighted by Gasteiger charge is 2.14. The molecular weight excluding hydrogens is 246 g/mol. The molecule has 2 heterocycles. The third-order valence-electron chi connectivity index (χ3n) is 2.66. The van der Waals surface area contributed by atoms with E-state index in [0.29, 0.717) is 5.95 Å². The fourth-order valence-corrected chi connectivity index (χ4v) is 2.39. The van der Waals surface area contributed by atoms with Crippen LogP contribution in [-0.2, 0) is 0 Å². The molecular formula is C12H17N5S. The minimum absolute atomic E-state index is 0.198. The summed E-state index contributed by atoms with van der Waals surface area (Å²) in [5.74, 6) is 1.48. The second-order valence-corrected chi connectivity index (χ2v) is 4.88. The van der Waals surface area contributed by atoms with Crippen molar-refractivity contribution in [3.63, 3.8) is 0 Å². The van der Waals surface area contributed by atoms with Gasteiger partial charge in [0.1, 0.15) is 10.8 Å². The molecule has 0 spiro atoms. The van der Waals surface area contributed by atoms with Crippen molar-refractivity contribution in [3.8, 4) is 0 Å². The van der Waals surface area contributed by atoms with Crippen LogP contribution in [0.3, 0.4) is 0 Å². The lowest BCUT2D eigenvalue weighted by molar-refractivity contribution is 0.735. The Morgan fingerprint density at radius 1 is 1.39 bits per heavy atom.